The highest BCUT2D eigenvalue weighted by atomic mass is 32.1. The van der Waals surface area contributed by atoms with Crippen LogP contribution in [0.5, 0.6) is 5.75 Å². The van der Waals surface area contributed by atoms with E-state index >= 15 is 0 Å². The molecule has 1 aromatic heterocycles. The summed E-state index contributed by atoms with van der Waals surface area (Å²) in [5, 5.41) is 11.5. The van der Waals surface area contributed by atoms with Crippen molar-refractivity contribution < 1.29 is 29.0 Å². The van der Waals surface area contributed by atoms with Crippen LogP contribution in [0.2, 0.25) is 0 Å². The van der Waals surface area contributed by atoms with Gasteiger partial charge in [0.2, 0.25) is 0 Å². The van der Waals surface area contributed by atoms with Gasteiger partial charge in [-0.05, 0) is 43.5 Å². The summed E-state index contributed by atoms with van der Waals surface area (Å²) in [6, 6.07) is 13.2. The SMILES string of the molecule is CCOc1cccc(/C(O)=C2\C(=O)C(=O)N(c3nc(C)c(C(=O)OC)s3)C2c2ccc(CC)cc2)c1. The Hall–Kier alpha value is -3.98. The van der Waals surface area contributed by atoms with Crippen LogP contribution in [-0.2, 0) is 20.7 Å². The lowest BCUT2D eigenvalue weighted by Crippen LogP contribution is -2.29. The molecule has 4 rings (SSSR count). The molecule has 1 fully saturated rings. The number of aliphatic hydroxyl groups is 1. The van der Waals surface area contributed by atoms with Gasteiger partial charge in [0.1, 0.15) is 16.4 Å². The number of carbonyl (C=O) groups excluding carboxylic acids is 3. The third-order valence-electron chi connectivity index (χ3n) is 5.93. The normalized spacial score (nSPS) is 16.9. The number of hydrogen-bond donors (Lipinski definition) is 1. The third kappa shape index (κ3) is 4.49. The molecular weight excluding hydrogens is 480 g/mol. The molecule has 1 amide bonds. The highest BCUT2D eigenvalue weighted by molar-refractivity contribution is 7.17. The lowest BCUT2D eigenvalue weighted by Gasteiger charge is -2.23. The van der Waals surface area contributed by atoms with Crippen molar-refractivity contribution >= 4 is 39.9 Å². The molecule has 0 saturated carbocycles. The molecule has 0 spiro atoms. The van der Waals surface area contributed by atoms with E-state index in [2.05, 4.69) is 4.98 Å². The Morgan fingerprint density at radius 1 is 1.14 bits per heavy atom. The highest BCUT2D eigenvalue weighted by Crippen LogP contribution is 2.44. The van der Waals surface area contributed by atoms with Crippen LogP contribution < -0.4 is 9.64 Å². The van der Waals surface area contributed by atoms with Crippen molar-refractivity contribution in [1.29, 1.82) is 0 Å². The maximum atomic E-state index is 13.3. The number of nitrogens with zero attached hydrogens (tertiary/aromatic N) is 2. The number of esters is 1. The Kier molecular flexibility index (Phi) is 7.21. The number of thiazole rings is 1. The van der Waals surface area contributed by atoms with Crippen LogP contribution >= 0.6 is 11.3 Å². The monoisotopic (exact) mass is 506 g/mol. The predicted octanol–water partition coefficient (Wildman–Crippen LogP) is 4.83. The first-order chi connectivity index (χ1) is 17.3. The molecule has 1 saturated heterocycles. The van der Waals surface area contributed by atoms with E-state index in [9.17, 15) is 19.5 Å². The van der Waals surface area contributed by atoms with Gasteiger partial charge in [-0.2, -0.15) is 0 Å². The summed E-state index contributed by atoms with van der Waals surface area (Å²) in [5.41, 5.74) is 2.37. The van der Waals surface area contributed by atoms with E-state index in [0.29, 0.717) is 29.2 Å². The number of Topliss-reactive ketones (excluding diaryl/α,β-unsaturated/α-hetero) is 1. The van der Waals surface area contributed by atoms with E-state index in [-0.39, 0.29) is 21.3 Å². The molecule has 2 aromatic carbocycles. The lowest BCUT2D eigenvalue weighted by atomic mass is 9.94. The minimum absolute atomic E-state index is 0.0645. The van der Waals surface area contributed by atoms with Crippen molar-refractivity contribution in [2.24, 2.45) is 0 Å². The maximum Gasteiger partial charge on any atom is 0.350 e. The summed E-state index contributed by atoms with van der Waals surface area (Å²) in [5.74, 6) is -2.05. The van der Waals surface area contributed by atoms with Crippen LogP contribution in [0.1, 0.15) is 51.9 Å². The highest BCUT2D eigenvalue weighted by Gasteiger charge is 2.48. The average molecular weight is 507 g/mol. The number of rotatable bonds is 7. The van der Waals surface area contributed by atoms with Crippen molar-refractivity contribution in [1.82, 2.24) is 4.98 Å². The van der Waals surface area contributed by atoms with Gasteiger partial charge in [-0.15, -0.1) is 0 Å². The number of amides is 1. The Morgan fingerprint density at radius 2 is 1.86 bits per heavy atom. The number of ether oxygens (including phenoxy) is 2. The summed E-state index contributed by atoms with van der Waals surface area (Å²) in [4.78, 5) is 44.8. The molecule has 186 valence electrons. The summed E-state index contributed by atoms with van der Waals surface area (Å²) in [7, 11) is 1.26. The van der Waals surface area contributed by atoms with Gasteiger partial charge in [0.05, 0.1) is 31.0 Å². The molecule has 9 heteroatoms. The number of methoxy groups -OCH3 is 1. The molecule has 2 heterocycles. The zero-order valence-corrected chi connectivity index (χ0v) is 21.2. The van der Waals surface area contributed by atoms with Crippen LogP contribution in [0, 0.1) is 6.92 Å². The molecule has 36 heavy (non-hydrogen) atoms. The fraction of sp³-hybridized carbons (Fsp3) is 0.259. The number of carbonyl (C=O) groups is 3. The number of benzene rings is 2. The van der Waals surface area contributed by atoms with E-state index in [1.807, 2.05) is 38.1 Å². The Bertz CT molecular complexity index is 1360. The average Bonchev–Trinajstić information content (AvgIpc) is 3.40. The molecule has 1 aliphatic rings. The van der Waals surface area contributed by atoms with Crippen molar-refractivity contribution in [3.8, 4) is 5.75 Å². The zero-order valence-electron chi connectivity index (χ0n) is 20.4. The second-order valence-corrected chi connectivity index (χ2v) is 9.11. The first kappa shape index (κ1) is 25.1. The van der Waals surface area contributed by atoms with Crippen molar-refractivity contribution in [3.05, 3.63) is 81.4 Å². The Morgan fingerprint density at radius 3 is 2.50 bits per heavy atom. The minimum Gasteiger partial charge on any atom is -0.507 e. The van der Waals surface area contributed by atoms with Gasteiger partial charge in [-0.3, -0.25) is 14.5 Å². The molecule has 3 aromatic rings. The van der Waals surface area contributed by atoms with Gasteiger partial charge in [0, 0.05) is 5.56 Å². The molecule has 1 aliphatic heterocycles. The topological polar surface area (TPSA) is 106 Å². The van der Waals surface area contributed by atoms with Gasteiger partial charge < -0.3 is 14.6 Å². The number of ketones is 1. The largest absolute Gasteiger partial charge is 0.507 e. The van der Waals surface area contributed by atoms with E-state index in [1.54, 1.807) is 31.2 Å². The Balaban J connectivity index is 1.91. The first-order valence-electron chi connectivity index (χ1n) is 11.5. The second-order valence-electron chi connectivity index (χ2n) is 8.13. The molecule has 1 N–H and O–H groups in total. The standard InChI is InChI=1S/C27H26N2O6S/c1-5-16-10-12-17(13-11-16)21-20(22(30)18-8-7-9-19(14-18)35-6-2)23(31)25(32)29(21)27-28-15(3)24(36-27)26(33)34-4/h7-14,21,30H,5-6H2,1-4H3/b22-20+. The minimum atomic E-state index is -0.942. The molecule has 0 aliphatic carbocycles. The van der Waals surface area contributed by atoms with E-state index in [4.69, 9.17) is 9.47 Å². The lowest BCUT2D eigenvalue weighted by molar-refractivity contribution is -0.132. The molecule has 1 atom stereocenters. The van der Waals surface area contributed by atoms with Gasteiger partial charge in [-0.25, -0.2) is 9.78 Å². The molecule has 0 radical (unpaired) electrons. The number of anilines is 1. The number of aliphatic hydroxyl groups excluding tert-OH is 1. The van der Waals surface area contributed by atoms with Crippen LogP contribution in [0.3, 0.4) is 0 Å². The fourth-order valence-electron chi connectivity index (χ4n) is 4.10. The third-order valence-corrected chi connectivity index (χ3v) is 7.07. The Labute approximate surface area is 212 Å². The fourth-order valence-corrected chi connectivity index (χ4v) is 5.12. The maximum absolute atomic E-state index is 13.3. The summed E-state index contributed by atoms with van der Waals surface area (Å²) in [6.45, 7) is 5.94. The van der Waals surface area contributed by atoms with Gasteiger partial charge in [0.25, 0.3) is 5.78 Å². The van der Waals surface area contributed by atoms with Crippen molar-refractivity contribution in [2.45, 2.75) is 33.2 Å². The van der Waals surface area contributed by atoms with Crippen LogP contribution in [-0.4, -0.2) is 41.5 Å². The second kappa shape index (κ2) is 10.3. The smallest absolute Gasteiger partial charge is 0.350 e. The summed E-state index contributed by atoms with van der Waals surface area (Å²) < 4.78 is 10.4. The quantitative estimate of drug-likeness (QED) is 0.212. The van der Waals surface area contributed by atoms with Crippen molar-refractivity contribution in [3.63, 3.8) is 0 Å². The molecular formula is C27H26N2O6S. The van der Waals surface area contributed by atoms with Gasteiger partial charge >= 0.3 is 11.9 Å². The zero-order chi connectivity index (χ0) is 26.0. The first-order valence-corrected chi connectivity index (χ1v) is 12.3. The molecule has 0 bridgehead atoms. The van der Waals surface area contributed by atoms with Crippen LogP contribution in [0.15, 0.2) is 54.1 Å². The van der Waals surface area contributed by atoms with Gasteiger partial charge in [0.15, 0.2) is 5.13 Å². The summed E-state index contributed by atoms with van der Waals surface area (Å²) in [6.07, 6.45) is 0.818. The number of aromatic nitrogens is 1. The van der Waals surface area contributed by atoms with E-state index in [0.717, 1.165) is 23.3 Å². The summed E-state index contributed by atoms with van der Waals surface area (Å²) >= 11 is 0.963. The van der Waals surface area contributed by atoms with Crippen LogP contribution in [0.4, 0.5) is 5.13 Å². The van der Waals surface area contributed by atoms with Gasteiger partial charge in [-0.1, -0.05) is 54.7 Å². The van der Waals surface area contributed by atoms with Crippen LogP contribution in [0.25, 0.3) is 5.76 Å². The number of hydrogen-bond acceptors (Lipinski definition) is 8. The molecule has 1 unspecified atom stereocenters. The van der Waals surface area contributed by atoms with E-state index < -0.39 is 23.7 Å². The van der Waals surface area contributed by atoms with E-state index in [1.165, 1.54) is 12.0 Å². The predicted molar refractivity (Wildman–Crippen MR) is 136 cm³/mol. The molecule has 8 nitrogen and oxygen atoms in total. The number of aryl methyl sites for hydroxylation is 2. The van der Waals surface area contributed by atoms with Crippen molar-refractivity contribution in [2.75, 3.05) is 18.6 Å².